The van der Waals surface area contributed by atoms with Crippen molar-refractivity contribution >= 4 is 23.4 Å². The lowest BCUT2D eigenvalue weighted by atomic mass is 9.78. The first-order chi connectivity index (χ1) is 12.0. The van der Waals surface area contributed by atoms with Crippen molar-refractivity contribution in [3.8, 4) is 0 Å². The van der Waals surface area contributed by atoms with Gasteiger partial charge < -0.3 is 19.7 Å². The van der Waals surface area contributed by atoms with E-state index in [1.807, 2.05) is 4.90 Å². The predicted molar refractivity (Wildman–Crippen MR) is 88.2 cm³/mol. The fourth-order valence-electron chi connectivity index (χ4n) is 3.52. The molecule has 2 amide bonds. The molecule has 25 heavy (non-hydrogen) atoms. The lowest BCUT2D eigenvalue weighted by molar-refractivity contribution is -0.127. The molecule has 3 saturated heterocycles. The number of anilines is 2. The molecule has 1 N–H and O–H groups in total. The van der Waals surface area contributed by atoms with Crippen LogP contribution in [-0.2, 0) is 14.3 Å². The molecule has 0 radical (unpaired) electrons. The SMILES string of the molecule is CC(=O)NCC1CN(c2ccc(N3CC4(COC4)C3)c(F)c2)C(=O)O1. The Bertz CT molecular complexity index is 714. The molecule has 8 heteroatoms. The Labute approximate surface area is 144 Å². The first kappa shape index (κ1) is 16.1. The van der Waals surface area contributed by atoms with E-state index in [9.17, 15) is 14.0 Å². The fraction of sp³-hybridized carbons (Fsp3) is 0.529. The van der Waals surface area contributed by atoms with Crippen LogP contribution >= 0.6 is 0 Å². The number of ether oxygens (including phenoxy) is 2. The van der Waals surface area contributed by atoms with Gasteiger partial charge in [0, 0.05) is 20.0 Å². The first-order valence-corrected chi connectivity index (χ1v) is 8.31. The minimum Gasteiger partial charge on any atom is -0.442 e. The molecule has 0 aromatic heterocycles. The van der Waals surface area contributed by atoms with Gasteiger partial charge >= 0.3 is 6.09 Å². The van der Waals surface area contributed by atoms with Gasteiger partial charge in [0.1, 0.15) is 11.9 Å². The van der Waals surface area contributed by atoms with Crippen molar-refractivity contribution in [1.29, 1.82) is 0 Å². The third kappa shape index (κ3) is 2.90. The molecule has 1 unspecified atom stereocenters. The summed E-state index contributed by atoms with van der Waals surface area (Å²) < 4.78 is 25.0. The molecule has 3 aliphatic rings. The smallest absolute Gasteiger partial charge is 0.414 e. The highest BCUT2D eigenvalue weighted by Crippen LogP contribution is 2.41. The van der Waals surface area contributed by atoms with Crippen molar-refractivity contribution in [3.05, 3.63) is 24.0 Å². The van der Waals surface area contributed by atoms with Gasteiger partial charge in [-0.2, -0.15) is 0 Å². The number of hydrogen-bond donors (Lipinski definition) is 1. The van der Waals surface area contributed by atoms with Crippen molar-refractivity contribution in [2.75, 3.05) is 49.2 Å². The molecule has 0 bridgehead atoms. The van der Waals surface area contributed by atoms with Crippen LogP contribution in [0.25, 0.3) is 0 Å². The van der Waals surface area contributed by atoms with Crippen LogP contribution in [0.4, 0.5) is 20.6 Å². The number of nitrogens with zero attached hydrogens (tertiary/aromatic N) is 2. The second kappa shape index (κ2) is 5.87. The van der Waals surface area contributed by atoms with E-state index in [2.05, 4.69) is 5.32 Å². The molecule has 134 valence electrons. The van der Waals surface area contributed by atoms with Crippen molar-refractivity contribution < 1.29 is 23.5 Å². The Hall–Kier alpha value is -2.35. The molecule has 1 atom stereocenters. The molecule has 0 aliphatic carbocycles. The number of hydrogen-bond acceptors (Lipinski definition) is 5. The summed E-state index contributed by atoms with van der Waals surface area (Å²) >= 11 is 0. The van der Waals surface area contributed by atoms with Crippen LogP contribution in [0.5, 0.6) is 0 Å². The van der Waals surface area contributed by atoms with E-state index < -0.39 is 12.2 Å². The van der Waals surface area contributed by atoms with Gasteiger partial charge in [-0.1, -0.05) is 0 Å². The number of carbonyl (C=O) groups excluding carboxylic acids is 2. The van der Waals surface area contributed by atoms with E-state index in [0.717, 1.165) is 26.3 Å². The zero-order valence-corrected chi connectivity index (χ0v) is 14.0. The van der Waals surface area contributed by atoms with Crippen LogP contribution in [0.3, 0.4) is 0 Å². The molecule has 3 heterocycles. The monoisotopic (exact) mass is 349 g/mol. The molecule has 7 nitrogen and oxygen atoms in total. The number of nitrogens with one attached hydrogen (secondary N) is 1. The van der Waals surface area contributed by atoms with Crippen molar-refractivity contribution in [2.24, 2.45) is 5.41 Å². The molecule has 0 saturated carbocycles. The number of cyclic esters (lactones) is 1. The Kier molecular flexibility index (Phi) is 3.79. The van der Waals surface area contributed by atoms with Gasteiger partial charge in [0.05, 0.1) is 43.1 Å². The highest BCUT2D eigenvalue weighted by Gasteiger charge is 2.49. The van der Waals surface area contributed by atoms with E-state index in [1.54, 1.807) is 12.1 Å². The summed E-state index contributed by atoms with van der Waals surface area (Å²) in [5.74, 6) is -0.542. The average molecular weight is 349 g/mol. The summed E-state index contributed by atoms with van der Waals surface area (Å²) in [6, 6.07) is 4.79. The summed E-state index contributed by atoms with van der Waals surface area (Å²) in [4.78, 5) is 26.3. The first-order valence-electron chi connectivity index (χ1n) is 8.31. The van der Waals surface area contributed by atoms with Gasteiger partial charge in [0.2, 0.25) is 5.91 Å². The summed E-state index contributed by atoms with van der Waals surface area (Å²) in [5, 5.41) is 2.62. The maximum atomic E-state index is 14.5. The lowest BCUT2D eigenvalue weighted by Gasteiger charge is -2.56. The summed E-state index contributed by atoms with van der Waals surface area (Å²) in [5.41, 5.74) is 1.21. The molecule has 1 aromatic carbocycles. The van der Waals surface area contributed by atoms with Gasteiger partial charge in [-0.25, -0.2) is 9.18 Å². The third-order valence-corrected chi connectivity index (χ3v) is 4.91. The standard InChI is InChI=1S/C17H20FN3O4/c1-11(22)19-5-13-6-21(16(23)25-13)12-2-3-15(14(18)4-12)20-7-17(8-20)9-24-10-17/h2-4,13H,5-10H2,1H3,(H,19,22). The summed E-state index contributed by atoms with van der Waals surface area (Å²) in [6.07, 6.45) is -0.968. The molecular weight excluding hydrogens is 329 g/mol. The van der Waals surface area contributed by atoms with Crippen LogP contribution < -0.4 is 15.1 Å². The van der Waals surface area contributed by atoms with Crippen molar-refractivity contribution in [3.63, 3.8) is 0 Å². The minimum absolute atomic E-state index is 0.186. The van der Waals surface area contributed by atoms with E-state index >= 15 is 0 Å². The maximum absolute atomic E-state index is 14.5. The van der Waals surface area contributed by atoms with E-state index in [0.29, 0.717) is 11.4 Å². The molecule has 3 fully saturated rings. The quantitative estimate of drug-likeness (QED) is 0.882. The summed E-state index contributed by atoms with van der Waals surface area (Å²) in [7, 11) is 0. The Morgan fingerprint density at radius 2 is 2.16 bits per heavy atom. The second-order valence-corrected chi connectivity index (χ2v) is 7.04. The summed E-state index contributed by atoms with van der Waals surface area (Å²) in [6.45, 7) is 5.02. The van der Waals surface area contributed by atoms with Gasteiger partial charge in [0.15, 0.2) is 0 Å². The van der Waals surface area contributed by atoms with Crippen LogP contribution in [0.2, 0.25) is 0 Å². The Morgan fingerprint density at radius 1 is 1.40 bits per heavy atom. The molecule has 4 rings (SSSR count). The van der Waals surface area contributed by atoms with E-state index in [1.165, 1.54) is 17.9 Å². The number of benzene rings is 1. The van der Waals surface area contributed by atoms with Crippen LogP contribution in [0.15, 0.2) is 18.2 Å². The fourth-order valence-corrected chi connectivity index (χ4v) is 3.52. The number of amides is 2. The number of carbonyl (C=O) groups is 2. The largest absolute Gasteiger partial charge is 0.442 e. The lowest BCUT2D eigenvalue weighted by Crippen LogP contribution is -2.66. The third-order valence-electron chi connectivity index (χ3n) is 4.91. The molecule has 1 aromatic rings. The number of halogens is 1. The van der Waals surface area contributed by atoms with Crippen molar-refractivity contribution in [1.82, 2.24) is 5.32 Å². The average Bonchev–Trinajstić information content (AvgIpc) is 2.85. The van der Waals surface area contributed by atoms with Gasteiger partial charge in [0.25, 0.3) is 0 Å². The minimum atomic E-state index is -0.531. The van der Waals surface area contributed by atoms with Crippen LogP contribution in [0.1, 0.15) is 6.92 Å². The molecular formula is C17H20FN3O4. The van der Waals surface area contributed by atoms with Crippen LogP contribution in [-0.4, -0.2) is 57.5 Å². The zero-order valence-electron chi connectivity index (χ0n) is 14.0. The van der Waals surface area contributed by atoms with Gasteiger partial charge in [-0.05, 0) is 18.2 Å². The normalized spacial score (nSPS) is 23.9. The van der Waals surface area contributed by atoms with Crippen LogP contribution in [0, 0.1) is 11.2 Å². The van der Waals surface area contributed by atoms with E-state index in [-0.39, 0.29) is 30.2 Å². The Balaban J connectivity index is 1.42. The highest BCUT2D eigenvalue weighted by atomic mass is 19.1. The maximum Gasteiger partial charge on any atom is 0.414 e. The molecule has 3 aliphatic heterocycles. The predicted octanol–water partition coefficient (Wildman–Crippen LogP) is 1.12. The molecule has 1 spiro atoms. The van der Waals surface area contributed by atoms with Gasteiger partial charge in [-0.3, -0.25) is 9.69 Å². The topological polar surface area (TPSA) is 71.1 Å². The number of rotatable bonds is 4. The second-order valence-electron chi connectivity index (χ2n) is 7.04. The zero-order chi connectivity index (χ0) is 17.6. The van der Waals surface area contributed by atoms with E-state index in [4.69, 9.17) is 9.47 Å². The highest BCUT2D eigenvalue weighted by molar-refractivity contribution is 5.90. The van der Waals surface area contributed by atoms with Crippen molar-refractivity contribution in [2.45, 2.75) is 13.0 Å². The van der Waals surface area contributed by atoms with Gasteiger partial charge in [-0.15, -0.1) is 0 Å². The Morgan fingerprint density at radius 3 is 2.76 bits per heavy atom.